The molecule has 3 nitrogen and oxygen atoms in total. The lowest BCUT2D eigenvalue weighted by Crippen LogP contribution is -2.12. The highest BCUT2D eigenvalue weighted by Gasteiger charge is 2.21. The van der Waals surface area contributed by atoms with E-state index in [1.807, 2.05) is 29.5 Å². The maximum Gasteiger partial charge on any atom is 0.0999 e. The van der Waals surface area contributed by atoms with Crippen LogP contribution in [0.1, 0.15) is 5.56 Å². The van der Waals surface area contributed by atoms with Gasteiger partial charge in [0.05, 0.1) is 11.6 Å². The summed E-state index contributed by atoms with van der Waals surface area (Å²) in [5.74, 6) is 0. The Morgan fingerprint density at radius 2 is 0.818 bits per heavy atom. The van der Waals surface area contributed by atoms with Crippen molar-refractivity contribution in [3.05, 3.63) is 206 Å². The van der Waals surface area contributed by atoms with Gasteiger partial charge in [-0.05, 0) is 101 Å². The van der Waals surface area contributed by atoms with Gasteiger partial charge in [0.15, 0.2) is 0 Å². The maximum absolute atomic E-state index is 10.9. The van der Waals surface area contributed by atoms with Gasteiger partial charge in [-0.2, -0.15) is 5.26 Å². The van der Waals surface area contributed by atoms with E-state index in [2.05, 4.69) is 198 Å². The van der Waals surface area contributed by atoms with Gasteiger partial charge in [0.2, 0.25) is 0 Å². The summed E-state index contributed by atoms with van der Waals surface area (Å²) in [6.07, 6.45) is 0. The fourth-order valence-corrected chi connectivity index (χ4v) is 9.22. The number of fused-ring (bicyclic) bond motifs is 8. The van der Waals surface area contributed by atoms with Crippen molar-refractivity contribution in [1.82, 2.24) is 0 Å². The Kier molecular flexibility index (Phi) is 8.06. The lowest BCUT2D eigenvalue weighted by Gasteiger charge is -2.29. The molecule has 0 atom stereocenters. The zero-order valence-corrected chi connectivity index (χ0v) is 30.6. The van der Waals surface area contributed by atoms with E-state index >= 15 is 0 Å². The first-order valence-corrected chi connectivity index (χ1v) is 19.2. The average molecular weight is 720 g/mol. The number of thiophene rings is 1. The van der Waals surface area contributed by atoms with Crippen LogP contribution < -0.4 is 9.80 Å². The van der Waals surface area contributed by atoms with E-state index < -0.39 is 0 Å². The van der Waals surface area contributed by atoms with Crippen LogP contribution in [0.2, 0.25) is 0 Å². The van der Waals surface area contributed by atoms with E-state index in [1.165, 1.54) is 31.1 Å². The smallest absolute Gasteiger partial charge is 0.0999 e. The summed E-state index contributed by atoms with van der Waals surface area (Å²) in [5.41, 5.74) is 9.12. The molecule has 1 heterocycles. The van der Waals surface area contributed by atoms with Crippen LogP contribution in [0, 0.1) is 11.3 Å². The topological polar surface area (TPSA) is 30.3 Å². The number of nitriles is 1. The molecule has 1 aromatic heterocycles. The van der Waals surface area contributed by atoms with Crippen LogP contribution in [0.4, 0.5) is 34.1 Å². The molecule has 55 heavy (non-hydrogen) atoms. The molecule has 0 unspecified atom stereocenters. The Balaban J connectivity index is 1.20. The van der Waals surface area contributed by atoms with E-state index in [9.17, 15) is 5.26 Å². The molecule has 10 aromatic rings. The number of benzene rings is 9. The molecule has 0 amide bonds. The van der Waals surface area contributed by atoms with Gasteiger partial charge in [0, 0.05) is 65.1 Å². The van der Waals surface area contributed by atoms with Gasteiger partial charge in [0.25, 0.3) is 0 Å². The molecule has 0 radical (unpaired) electrons. The molecule has 0 saturated heterocycles. The van der Waals surface area contributed by atoms with Crippen LogP contribution in [0.15, 0.2) is 200 Å². The Hall–Kier alpha value is -7.19. The molecule has 0 aliphatic carbocycles. The molecule has 0 aliphatic rings. The molecule has 0 N–H and O–H groups in total. The zero-order chi connectivity index (χ0) is 36.7. The van der Waals surface area contributed by atoms with Crippen LogP contribution >= 0.6 is 11.3 Å². The first kappa shape index (κ1) is 32.5. The van der Waals surface area contributed by atoms with Crippen molar-refractivity contribution >= 4 is 87.2 Å². The lowest BCUT2D eigenvalue weighted by atomic mass is 9.93. The van der Waals surface area contributed by atoms with Crippen molar-refractivity contribution in [2.24, 2.45) is 0 Å². The van der Waals surface area contributed by atoms with Gasteiger partial charge >= 0.3 is 0 Å². The molecule has 9 aromatic carbocycles. The molecule has 0 fully saturated rings. The number of nitrogens with zero attached hydrogens (tertiary/aromatic N) is 3. The fraction of sp³-hybridized carbons (Fsp3) is 0. The number of hydrogen-bond acceptors (Lipinski definition) is 4. The zero-order valence-electron chi connectivity index (χ0n) is 29.8. The van der Waals surface area contributed by atoms with E-state index in [-0.39, 0.29) is 0 Å². The summed E-state index contributed by atoms with van der Waals surface area (Å²) in [5, 5.41) is 17.7. The van der Waals surface area contributed by atoms with Gasteiger partial charge in [-0.15, -0.1) is 11.3 Å². The standard InChI is InChI=1S/C51H33N3S/c52-34-37-32-43(33-47-49(37)44-20-10-11-21-45(44)51-50(47)46-22-12-13-23-48(46)55-51)54(40-26-24-36(25-27-40)35-14-4-1-5-15-35)42-30-28-41(29-31-42)53(38-16-6-2-7-17-38)39-18-8-3-9-19-39/h1-33H. The van der Waals surface area contributed by atoms with Crippen LogP contribution in [-0.2, 0) is 0 Å². The molecule has 10 rings (SSSR count). The molecule has 4 heteroatoms. The van der Waals surface area contributed by atoms with Crippen molar-refractivity contribution in [3.63, 3.8) is 0 Å². The highest BCUT2D eigenvalue weighted by Crippen LogP contribution is 2.47. The largest absolute Gasteiger partial charge is 0.311 e. The minimum absolute atomic E-state index is 0.655. The number of hydrogen-bond donors (Lipinski definition) is 0. The summed E-state index contributed by atoms with van der Waals surface area (Å²) in [6.45, 7) is 0. The summed E-state index contributed by atoms with van der Waals surface area (Å²) in [6, 6.07) is 73.0. The second kappa shape index (κ2) is 13.7. The lowest BCUT2D eigenvalue weighted by molar-refractivity contribution is 1.26. The third kappa shape index (κ3) is 5.66. The summed E-state index contributed by atoms with van der Waals surface area (Å²) < 4.78 is 2.49. The molecule has 0 bridgehead atoms. The normalized spacial score (nSPS) is 11.3. The van der Waals surface area contributed by atoms with Crippen LogP contribution in [0.3, 0.4) is 0 Å². The van der Waals surface area contributed by atoms with Gasteiger partial charge in [-0.25, -0.2) is 0 Å². The molecule has 0 aliphatic heterocycles. The molecule has 0 saturated carbocycles. The van der Waals surface area contributed by atoms with Crippen molar-refractivity contribution in [3.8, 4) is 17.2 Å². The van der Waals surface area contributed by atoms with Gasteiger partial charge in [-0.3, -0.25) is 0 Å². The quantitative estimate of drug-likeness (QED) is 0.154. The molecule has 0 spiro atoms. The Labute approximate surface area is 323 Å². The van der Waals surface area contributed by atoms with E-state index in [0.29, 0.717) is 5.56 Å². The minimum atomic E-state index is 0.655. The van der Waals surface area contributed by atoms with E-state index in [4.69, 9.17) is 0 Å². The summed E-state index contributed by atoms with van der Waals surface area (Å²) in [4.78, 5) is 4.56. The van der Waals surface area contributed by atoms with E-state index in [1.54, 1.807) is 0 Å². The third-order valence-corrected chi connectivity index (χ3v) is 11.6. The Morgan fingerprint density at radius 1 is 0.364 bits per heavy atom. The molecular formula is C51H33N3S. The highest BCUT2D eigenvalue weighted by molar-refractivity contribution is 7.27. The van der Waals surface area contributed by atoms with Crippen molar-refractivity contribution in [2.45, 2.75) is 0 Å². The van der Waals surface area contributed by atoms with Crippen LogP contribution in [0.25, 0.3) is 52.8 Å². The van der Waals surface area contributed by atoms with Crippen molar-refractivity contribution in [1.29, 1.82) is 5.26 Å². The van der Waals surface area contributed by atoms with Crippen molar-refractivity contribution < 1.29 is 0 Å². The van der Waals surface area contributed by atoms with Crippen LogP contribution in [0.5, 0.6) is 0 Å². The second-order valence-electron chi connectivity index (χ2n) is 13.6. The Bertz CT molecular complexity index is 2980. The number of anilines is 6. The van der Waals surface area contributed by atoms with Gasteiger partial charge < -0.3 is 9.80 Å². The summed E-state index contributed by atoms with van der Waals surface area (Å²) >= 11 is 1.83. The third-order valence-electron chi connectivity index (χ3n) is 10.4. The first-order chi connectivity index (χ1) is 27.2. The SMILES string of the molecule is N#Cc1cc(N(c2ccc(-c3ccccc3)cc2)c2ccc(N(c3ccccc3)c3ccccc3)cc2)cc2c1c1ccccc1c1sc3ccccc3c21. The fourth-order valence-electron chi connectivity index (χ4n) is 7.97. The summed E-state index contributed by atoms with van der Waals surface area (Å²) in [7, 11) is 0. The Morgan fingerprint density at radius 3 is 1.42 bits per heavy atom. The highest BCUT2D eigenvalue weighted by atomic mass is 32.1. The monoisotopic (exact) mass is 719 g/mol. The minimum Gasteiger partial charge on any atom is -0.311 e. The predicted octanol–water partition coefficient (Wildman–Crippen LogP) is 14.8. The van der Waals surface area contributed by atoms with Crippen LogP contribution in [-0.4, -0.2) is 0 Å². The van der Waals surface area contributed by atoms with Gasteiger partial charge in [-0.1, -0.05) is 121 Å². The molecular weight excluding hydrogens is 687 g/mol. The number of para-hydroxylation sites is 2. The predicted molar refractivity (Wildman–Crippen MR) is 234 cm³/mol. The average Bonchev–Trinajstić information content (AvgIpc) is 3.66. The van der Waals surface area contributed by atoms with E-state index in [0.717, 1.165) is 55.8 Å². The van der Waals surface area contributed by atoms with Gasteiger partial charge in [0.1, 0.15) is 0 Å². The first-order valence-electron chi connectivity index (χ1n) is 18.4. The maximum atomic E-state index is 10.9. The number of rotatable bonds is 7. The second-order valence-corrected chi connectivity index (χ2v) is 14.7. The molecule has 258 valence electrons. The van der Waals surface area contributed by atoms with Crippen molar-refractivity contribution in [2.75, 3.05) is 9.80 Å².